The van der Waals surface area contributed by atoms with Crippen molar-refractivity contribution in [1.82, 2.24) is 9.97 Å². The second-order valence-electron chi connectivity index (χ2n) is 10.8. The van der Waals surface area contributed by atoms with Gasteiger partial charge in [-0.25, -0.2) is 0 Å². The van der Waals surface area contributed by atoms with Crippen LogP contribution in [0.25, 0.3) is 11.0 Å². The third kappa shape index (κ3) is 8.04. The van der Waals surface area contributed by atoms with E-state index >= 15 is 0 Å². The number of Topliss-reactive ketones (excluding diaryl/α,β-unsaturated/α-hetero) is 1. The summed E-state index contributed by atoms with van der Waals surface area (Å²) in [4.78, 5) is 63.8. The van der Waals surface area contributed by atoms with E-state index in [2.05, 4.69) is 30.3 Å². The van der Waals surface area contributed by atoms with Crippen LogP contribution in [0.5, 0.6) is 0 Å². The molecule has 14 heteroatoms. The molecule has 13 nitrogen and oxygen atoms in total. The van der Waals surface area contributed by atoms with Crippen molar-refractivity contribution in [3.05, 3.63) is 116 Å². The molecule has 0 fully saturated rings. The molecule has 2 heterocycles. The monoisotopic (exact) mass is 656 g/mol. The van der Waals surface area contributed by atoms with Gasteiger partial charge in [-0.05, 0) is 77.1 Å². The number of nitrogens with one attached hydrogen (secondary N) is 5. The number of carbonyl (C=O) groups excluding carboxylic acids is 3. The van der Waals surface area contributed by atoms with Gasteiger partial charge in [-0.3, -0.25) is 24.0 Å². The normalized spacial score (nSPS) is 12.6. The van der Waals surface area contributed by atoms with Gasteiger partial charge in [-0.2, -0.15) is 8.42 Å². The van der Waals surface area contributed by atoms with Crippen LogP contribution in [0.4, 0.5) is 17.1 Å². The maximum absolute atomic E-state index is 12.7. The number of nitrogens with zero attached hydrogens (tertiary/aromatic N) is 1. The molecule has 0 unspecified atom stereocenters. The van der Waals surface area contributed by atoms with Crippen molar-refractivity contribution in [2.24, 2.45) is 4.40 Å². The molecular weight excluding hydrogens is 624 g/mol. The van der Waals surface area contributed by atoms with Crippen molar-refractivity contribution in [3.8, 4) is 0 Å². The van der Waals surface area contributed by atoms with Gasteiger partial charge in [-0.1, -0.05) is 41.5 Å². The van der Waals surface area contributed by atoms with Gasteiger partial charge >= 0.3 is 11.1 Å². The molecule has 0 spiro atoms. The quantitative estimate of drug-likeness (QED) is 0.0877. The number of aromatic nitrogens is 2. The van der Waals surface area contributed by atoms with Crippen LogP contribution < -0.4 is 27.1 Å². The third-order valence-corrected chi connectivity index (χ3v) is 8.02. The van der Waals surface area contributed by atoms with Gasteiger partial charge < -0.3 is 25.9 Å². The predicted octanol–water partition coefficient (Wildman–Crippen LogP) is 4.25. The van der Waals surface area contributed by atoms with Crippen LogP contribution in [-0.2, 0) is 24.4 Å². The van der Waals surface area contributed by atoms with E-state index in [9.17, 15) is 32.4 Å². The van der Waals surface area contributed by atoms with Crippen LogP contribution in [-0.4, -0.2) is 41.8 Å². The first-order valence-electron chi connectivity index (χ1n) is 14.2. The molecule has 1 aromatic heterocycles. The first-order valence-corrected chi connectivity index (χ1v) is 15.6. The van der Waals surface area contributed by atoms with E-state index < -0.39 is 33.0 Å². The number of anilines is 3. The second kappa shape index (κ2) is 14.0. The van der Waals surface area contributed by atoms with Crippen molar-refractivity contribution in [3.63, 3.8) is 0 Å². The average molecular weight is 657 g/mol. The Morgan fingerprint density at radius 1 is 0.681 bits per heavy atom. The standard InChI is InChI=1S/C18H17N3O3S.C15H15N3O4/c1-12(2)16(18(22)19-13-8-4-3-5-9-13)17-20-14-10-6-7-11-15(14)25(23,24)21-17;1-7(2)12(8(3)19)13(20)16-9-4-5-10-11(6-9)18-15(22)14(21)17-10/h3-11H,1-2H3,(H,19,22)(H,20,21);4-6H,1-3H3,(H,16,20)(H,17,21)(H,18,22). The number of sulfonamides is 1. The van der Waals surface area contributed by atoms with Crippen LogP contribution in [0.3, 0.4) is 0 Å². The summed E-state index contributed by atoms with van der Waals surface area (Å²) >= 11 is 0. The first kappa shape index (κ1) is 34.0. The minimum Gasteiger partial charge on any atom is -0.338 e. The van der Waals surface area contributed by atoms with Gasteiger partial charge in [0.1, 0.15) is 4.90 Å². The molecule has 1 aliphatic rings. The van der Waals surface area contributed by atoms with Crippen LogP contribution in [0.1, 0.15) is 34.6 Å². The van der Waals surface area contributed by atoms with Crippen LogP contribution in [0.2, 0.25) is 0 Å². The number of benzene rings is 3. The Hall–Kier alpha value is -5.89. The smallest absolute Gasteiger partial charge is 0.314 e. The summed E-state index contributed by atoms with van der Waals surface area (Å²) in [5.74, 6) is -1.24. The van der Waals surface area contributed by atoms with E-state index in [0.29, 0.717) is 39.2 Å². The Bertz CT molecular complexity index is 2220. The molecule has 242 valence electrons. The lowest BCUT2D eigenvalue weighted by molar-refractivity contribution is -0.119. The maximum Gasteiger partial charge on any atom is 0.314 e. The van der Waals surface area contributed by atoms with Crippen molar-refractivity contribution in [2.45, 2.75) is 39.5 Å². The number of aromatic amines is 2. The summed E-state index contributed by atoms with van der Waals surface area (Å²) in [5.41, 5.74) is 2.28. The van der Waals surface area contributed by atoms with Crippen molar-refractivity contribution in [2.75, 3.05) is 16.0 Å². The molecule has 0 radical (unpaired) electrons. The lowest BCUT2D eigenvalue weighted by atomic mass is 10.1. The maximum atomic E-state index is 12.7. The molecule has 0 atom stereocenters. The topological polar surface area (TPSA) is 200 Å². The second-order valence-corrected chi connectivity index (χ2v) is 12.4. The zero-order valence-electron chi connectivity index (χ0n) is 26.1. The first-order chi connectivity index (χ1) is 22.2. The number of hydrogen-bond acceptors (Lipinski definition) is 8. The Morgan fingerprint density at radius 2 is 1.28 bits per heavy atom. The molecule has 5 rings (SSSR count). The number of ketones is 1. The number of fused-ring (bicyclic) bond motifs is 2. The largest absolute Gasteiger partial charge is 0.338 e. The molecule has 2 amide bonds. The summed E-state index contributed by atoms with van der Waals surface area (Å²) in [6.45, 7) is 8.15. The van der Waals surface area contributed by atoms with E-state index in [1.165, 1.54) is 19.1 Å². The molecule has 0 saturated carbocycles. The Labute approximate surface area is 269 Å². The Morgan fingerprint density at radius 3 is 1.89 bits per heavy atom. The number of allylic oxidation sites excluding steroid dienone is 2. The lowest BCUT2D eigenvalue weighted by Gasteiger charge is -2.20. The number of H-pyrrole nitrogens is 2. The molecule has 4 aromatic rings. The highest BCUT2D eigenvalue weighted by molar-refractivity contribution is 7.90. The van der Waals surface area contributed by atoms with E-state index in [4.69, 9.17) is 0 Å². The highest BCUT2D eigenvalue weighted by Crippen LogP contribution is 2.29. The van der Waals surface area contributed by atoms with E-state index in [-0.39, 0.29) is 27.7 Å². The average Bonchev–Trinajstić information content (AvgIpc) is 2.98. The van der Waals surface area contributed by atoms with Gasteiger partial charge in [0.25, 0.3) is 21.8 Å². The van der Waals surface area contributed by atoms with Crippen LogP contribution in [0.15, 0.2) is 114 Å². The number of amides is 2. The zero-order chi connectivity index (χ0) is 34.5. The summed E-state index contributed by atoms with van der Waals surface area (Å²) in [7, 11) is -3.86. The highest BCUT2D eigenvalue weighted by Gasteiger charge is 2.29. The Kier molecular flexibility index (Phi) is 10.2. The highest BCUT2D eigenvalue weighted by atomic mass is 32.2. The molecule has 3 aromatic carbocycles. The molecule has 0 aliphatic carbocycles. The zero-order valence-corrected chi connectivity index (χ0v) is 27.0. The molecule has 0 bridgehead atoms. The number of hydrogen-bond donors (Lipinski definition) is 5. The summed E-state index contributed by atoms with van der Waals surface area (Å²) in [6, 6.07) is 20.0. The molecule has 47 heavy (non-hydrogen) atoms. The van der Waals surface area contributed by atoms with E-state index in [0.717, 1.165) is 0 Å². The number of amidine groups is 1. The fraction of sp³-hybridized carbons (Fsp3) is 0.152. The van der Waals surface area contributed by atoms with Crippen molar-refractivity contribution >= 4 is 61.6 Å². The third-order valence-electron chi connectivity index (χ3n) is 6.68. The predicted molar refractivity (Wildman–Crippen MR) is 181 cm³/mol. The minimum atomic E-state index is -3.86. The van der Waals surface area contributed by atoms with Gasteiger partial charge in [-0.15, -0.1) is 4.40 Å². The van der Waals surface area contributed by atoms with Gasteiger partial charge in [0.2, 0.25) is 0 Å². The van der Waals surface area contributed by atoms with Gasteiger partial charge in [0.15, 0.2) is 11.6 Å². The fourth-order valence-electron chi connectivity index (χ4n) is 4.63. The van der Waals surface area contributed by atoms with E-state index in [1.54, 1.807) is 82.3 Å². The number of carbonyl (C=O) groups is 3. The Balaban J connectivity index is 0.000000215. The molecule has 0 saturated heterocycles. The number of para-hydroxylation sites is 2. The van der Waals surface area contributed by atoms with Crippen molar-refractivity contribution in [1.29, 1.82) is 0 Å². The molecule has 5 N–H and O–H groups in total. The fourth-order valence-corrected chi connectivity index (χ4v) is 5.76. The molecule has 1 aliphatic heterocycles. The van der Waals surface area contributed by atoms with Gasteiger partial charge in [0.05, 0.1) is 27.9 Å². The van der Waals surface area contributed by atoms with Gasteiger partial charge in [0, 0.05) is 11.4 Å². The van der Waals surface area contributed by atoms with Crippen LogP contribution in [0, 0.1) is 0 Å². The summed E-state index contributed by atoms with van der Waals surface area (Å²) in [5, 5.41) is 8.31. The van der Waals surface area contributed by atoms with E-state index in [1.807, 2.05) is 6.07 Å². The summed E-state index contributed by atoms with van der Waals surface area (Å²) in [6.07, 6.45) is 0. The number of rotatable bonds is 6. The SMILES string of the molecule is CC(=O)C(C(=O)Nc1ccc2[nH]c(=O)c(=O)[nH]c2c1)=C(C)C.CC(C)=C(C(=O)Nc1ccccc1)C1=NS(=O)(=O)c2ccccc2N1. The van der Waals surface area contributed by atoms with Crippen molar-refractivity contribution < 1.29 is 22.8 Å². The lowest BCUT2D eigenvalue weighted by Crippen LogP contribution is -2.30. The minimum absolute atomic E-state index is 0.0205. The van der Waals surface area contributed by atoms with Crippen LogP contribution >= 0.6 is 0 Å². The summed E-state index contributed by atoms with van der Waals surface area (Å²) < 4.78 is 28.6. The molecular formula is C33H32N6O7S.